The highest BCUT2D eigenvalue weighted by atomic mass is 16.5. The van der Waals surface area contributed by atoms with Crippen molar-refractivity contribution in [1.29, 1.82) is 0 Å². The van der Waals surface area contributed by atoms with Gasteiger partial charge in [-0.25, -0.2) is 0 Å². The predicted octanol–water partition coefficient (Wildman–Crippen LogP) is 1.37. The van der Waals surface area contributed by atoms with Crippen molar-refractivity contribution in [3.8, 4) is 5.75 Å². The average Bonchev–Trinajstić information content (AvgIpc) is 2.57. The molecule has 2 rings (SSSR count). The summed E-state index contributed by atoms with van der Waals surface area (Å²) in [5.74, 6) is 0.923. The lowest BCUT2D eigenvalue weighted by atomic mass is 10.1. The van der Waals surface area contributed by atoms with Gasteiger partial charge < -0.3 is 19.1 Å². The molecule has 1 fully saturated rings. The van der Waals surface area contributed by atoms with Crippen LogP contribution in [0, 0.1) is 0 Å². The number of quaternary nitrogens is 1. The maximum Gasteiger partial charge on any atom is 0.162 e. The molecule has 0 aliphatic carbocycles. The van der Waals surface area contributed by atoms with Crippen LogP contribution < -0.4 is 9.64 Å². The van der Waals surface area contributed by atoms with Crippen LogP contribution in [0.3, 0.4) is 0 Å². The zero-order valence-electron chi connectivity index (χ0n) is 15.0. The summed E-state index contributed by atoms with van der Waals surface area (Å²) in [6.45, 7) is 11.1. The first-order valence-corrected chi connectivity index (χ1v) is 8.91. The maximum absolute atomic E-state index is 11.6. The molecule has 5 heteroatoms. The Morgan fingerprint density at radius 2 is 1.79 bits per heavy atom. The normalized spacial score (nSPS) is 23.9. The smallest absolute Gasteiger partial charge is 0.162 e. The number of rotatable bonds is 9. The second-order valence-corrected chi connectivity index (χ2v) is 6.43. The van der Waals surface area contributed by atoms with E-state index in [1.165, 1.54) is 0 Å². The van der Waals surface area contributed by atoms with Crippen LogP contribution in [0.25, 0.3) is 0 Å². The Balaban J connectivity index is 1.57. The third-order valence-electron chi connectivity index (χ3n) is 4.21. The SMILES string of the molecule is CCC(=O)c1ccc(OCCOCC[NH+]2C[C@@H](C)O[C@H](C)C2)cc1. The van der Waals surface area contributed by atoms with Crippen LogP contribution in [-0.2, 0) is 9.47 Å². The van der Waals surface area contributed by atoms with Crippen LogP contribution in [0.5, 0.6) is 5.75 Å². The molecular weight excluding hydrogens is 306 g/mol. The van der Waals surface area contributed by atoms with E-state index in [0.29, 0.717) is 31.8 Å². The van der Waals surface area contributed by atoms with E-state index in [1.54, 1.807) is 4.90 Å². The average molecular weight is 336 g/mol. The lowest BCUT2D eigenvalue weighted by Crippen LogP contribution is -3.15. The van der Waals surface area contributed by atoms with Crippen molar-refractivity contribution in [2.75, 3.05) is 39.5 Å². The van der Waals surface area contributed by atoms with Gasteiger partial charge in [0.25, 0.3) is 0 Å². The number of ketones is 1. The highest BCUT2D eigenvalue weighted by Crippen LogP contribution is 2.13. The van der Waals surface area contributed by atoms with Crippen molar-refractivity contribution in [1.82, 2.24) is 0 Å². The number of Topliss-reactive ketones (excluding diaryl/α,β-unsaturated/α-hetero) is 1. The number of benzene rings is 1. The number of morpholine rings is 1. The van der Waals surface area contributed by atoms with Crippen LogP contribution in [0.1, 0.15) is 37.6 Å². The molecule has 1 aliphatic heterocycles. The Morgan fingerprint density at radius 1 is 1.12 bits per heavy atom. The Hall–Kier alpha value is -1.43. The lowest BCUT2D eigenvalue weighted by molar-refractivity contribution is -0.915. The fourth-order valence-corrected chi connectivity index (χ4v) is 3.07. The second-order valence-electron chi connectivity index (χ2n) is 6.43. The molecule has 5 nitrogen and oxygen atoms in total. The van der Waals surface area contributed by atoms with Crippen LogP contribution in [0.4, 0.5) is 0 Å². The Kier molecular flexibility index (Phi) is 7.69. The Labute approximate surface area is 144 Å². The standard InChI is InChI=1S/C19H29NO4/c1-4-19(21)17-5-7-18(8-6-17)23-12-11-22-10-9-20-13-15(2)24-16(3)14-20/h5-8,15-16H,4,9-14H2,1-3H3/p+1/t15-,16-/m1/s1. The van der Waals surface area contributed by atoms with Gasteiger partial charge >= 0.3 is 0 Å². The molecule has 0 bridgehead atoms. The third-order valence-corrected chi connectivity index (χ3v) is 4.21. The van der Waals surface area contributed by atoms with E-state index in [2.05, 4.69) is 13.8 Å². The van der Waals surface area contributed by atoms with Gasteiger partial charge in [-0.2, -0.15) is 0 Å². The monoisotopic (exact) mass is 336 g/mol. The topological polar surface area (TPSA) is 49.2 Å². The summed E-state index contributed by atoms with van der Waals surface area (Å²) in [5.41, 5.74) is 0.734. The van der Waals surface area contributed by atoms with E-state index in [1.807, 2.05) is 31.2 Å². The largest absolute Gasteiger partial charge is 0.491 e. The van der Waals surface area contributed by atoms with Gasteiger partial charge in [0.2, 0.25) is 0 Å². The Morgan fingerprint density at radius 3 is 2.42 bits per heavy atom. The highest BCUT2D eigenvalue weighted by molar-refractivity contribution is 5.95. The molecule has 0 amide bonds. The molecule has 2 atom stereocenters. The lowest BCUT2D eigenvalue weighted by Gasteiger charge is -2.32. The summed E-state index contributed by atoms with van der Waals surface area (Å²) < 4.78 is 17.0. The van der Waals surface area contributed by atoms with Crippen LogP contribution in [-0.4, -0.2) is 57.4 Å². The quantitative estimate of drug-likeness (QED) is 0.547. The fraction of sp³-hybridized carbons (Fsp3) is 0.632. The first-order chi connectivity index (χ1) is 11.6. The summed E-state index contributed by atoms with van der Waals surface area (Å²) in [4.78, 5) is 13.1. The summed E-state index contributed by atoms with van der Waals surface area (Å²) in [7, 11) is 0. The summed E-state index contributed by atoms with van der Waals surface area (Å²) in [6.07, 6.45) is 1.18. The molecule has 0 radical (unpaired) electrons. The molecule has 134 valence electrons. The van der Waals surface area contributed by atoms with Crippen molar-refractivity contribution in [2.45, 2.75) is 39.4 Å². The van der Waals surface area contributed by atoms with E-state index >= 15 is 0 Å². The van der Waals surface area contributed by atoms with Gasteiger partial charge in [-0.15, -0.1) is 0 Å². The number of hydrogen-bond donors (Lipinski definition) is 1. The molecule has 0 aromatic heterocycles. The highest BCUT2D eigenvalue weighted by Gasteiger charge is 2.24. The minimum absolute atomic E-state index is 0.152. The number of carbonyl (C=O) groups excluding carboxylic acids is 1. The van der Waals surface area contributed by atoms with Gasteiger partial charge in [-0.05, 0) is 38.1 Å². The van der Waals surface area contributed by atoms with Crippen molar-refractivity contribution in [3.05, 3.63) is 29.8 Å². The van der Waals surface area contributed by atoms with Crippen LogP contribution >= 0.6 is 0 Å². The van der Waals surface area contributed by atoms with Gasteiger partial charge in [0.1, 0.15) is 44.2 Å². The minimum atomic E-state index is 0.152. The molecule has 1 aromatic rings. The van der Waals surface area contributed by atoms with E-state index in [9.17, 15) is 4.79 Å². The van der Waals surface area contributed by atoms with E-state index in [0.717, 1.165) is 37.6 Å². The van der Waals surface area contributed by atoms with Gasteiger partial charge in [0, 0.05) is 12.0 Å². The van der Waals surface area contributed by atoms with E-state index in [-0.39, 0.29) is 5.78 Å². The van der Waals surface area contributed by atoms with Gasteiger partial charge in [0.15, 0.2) is 5.78 Å². The molecule has 24 heavy (non-hydrogen) atoms. The van der Waals surface area contributed by atoms with Crippen molar-refractivity contribution < 1.29 is 23.9 Å². The van der Waals surface area contributed by atoms with Crippen LogP contribution in [0.15, 0.2) is 24.3 Å². The molecule has 1 aromatic carbocycles. The van der Waals surface area contributed by atoms with E-state index < -0.39 is 0 Å². The molecule has 1 saturated heterocycles. The fourth-order valence-electron chi connectivity index (χ4n) is 3.07. The zero-order chi connectivity index (χ0) is 17.4. The summed E-state index contributed by atoms with van der Waals surface area (Å²) >= 11 is 0. The number of nitrogens with one attached hydrogen (secondary N) is 1. The molecule has 1 heterocycles. The maximum atomic E-state index is 11.6. The molecule has 0 saturated carbocycles. The van der Waals surface area contributed by atoms with Gasteiger partial charge in [-0.3, -0.25) is 4.79 Å². The van der Waals surface area contributed by atoms with Crippen LogP contribution in [0.2, 0.25) is 0 Å². The van der Waals surface area contributed by atoms with Gasteiger partial charge in [0.05, 0.1) is 13.2 Å². The molecule has 0 unspecified atom stereocenters. The molecule has 1 N–H and O–H groups in total. The molecule has 0 spiro atoms. The van der Waals surface area contributed by atoms with Gasteiger partial charge in [-0.1, -0.05) is 6.92 Å². The first kappa shape index (κ1) is 18.9. The minimum Gasteiger partial charge on any atom is -0.491 e. The number of carbonyl (C=O) groups is 1. The van der Waals surface area contributed by atoms with Crippen molar-refractivity contribution in [3.63, 3.8) is 0 Å². The van der Waals surface area contributed by atoms with E-state index in [4.69, 9.17) is 14.2 Å². The summed E-state index contributed by atoms with van der Waals surface area (Å²) in [6, 6.07) is 7.30. The summed E-state index contributed by atoms with van der Waals surface area (Å²) in [5, 5.41) is 0. The third kappa shape index (κ3) is 6.23. The Bertz CT molecular complexity index is 493. The predicted molar refractivity (Wildman–Crippen MR) is 93.0 cm³/mol. The molecular formula is C19H30NO4+. The second kappa shape index (κ2) is 9.77. The van der Waals surface area contributed by atoms with Crippen molar-refractivity contribution >= 4 is 5.78 Å². The number of ether oxygens (including phenoxy) is 3. The molecule has 1 aliphatic rings. The number of hydrogen-bond acceptors (Lipinski definition) is 4. The van der Waals surface area contributed by atoms with Crippen molar-refractivity contribution in [2.24, 2.45) is 0 Å². The zero-order valence-corrected chi connectivity index (χ0v) is 15.0. The first-order valence-electron chi connectivity index (χ1n) is 8.91.